The Morgan fingerprint density at radius 3 is 2.57 bits per heavy atom. The van der Waals surface area contributed by atoms with Crippen molar-refractivity contribution in [1.82, 2.24) is 0 Å². The maximum atomic E-state index is 13.7. The van der Waals surface area contributed by atoms with E-state index in [9.17, 15) is 4.39 Å². The fraction of sp³-hybridized carbons (Fsp3) is 0.158. The molecule has 1 atom stereocenters. The lowest BCUT2D eigenvalue weighted by molar-refractivity contribution is 0.610. The number of halogens is 1. The molecular weight excluding hydrogens is 261 g/mol. The van der Waals surface area contributed by atoms with E-state index in [-0.39, 0.29) is 11.9 Å². The first kappa shape index (κ1) is 13.8. The van der Waals surface area contributed by atoms with Crippen LogP contribution in [0, 0.1) is 12.7 Å². The van der Waals surface area contributed by atoms with Gasteiger partial charge in [-0.3, -0.25) is 0 Å². The number of aryl methyl sites for hydroxylation is 1. The maximum Gasteiger partial charge on any atom is 0.126 e. The Kier molecular flexibility index (Phi) is 3.72. The zero-order chi connectivity index (χ0) is 14.8. The number of fused-ring (bicyclic) bond motifs is 1. The van der Waals surface area contributed by atoms with Crippen molar-refractivity contribution in [2.45, 2.75) is 19.4 Å². The van der Waals surface area contributed by atoms with E-state index in [4.69, 9.17) is 5.73 Å². The van der Waals surface area contributed by atoms with Crippen LogP contribution in [0.5, 0.6) is 0 Å². The summed E-state index contributed by atoms with van der Waals surface area (Å²) in [7, 11) is 0. The third-order valence-electron chi connectivity index (χ3n) is 3.94. The molecule has 0 heterocycles. The van der Waals surface area contributed by atoms with Crippen LogP contribution in [-0.4, -0.2) is 0 Å². The maximum absolute atomic E-state index is 13.7. The van der Waals surface area contributed by atoms with Gasteiger partial charge in [0.25, 0.3) is 0 Å². The summed E-state index contributed by atoms with van der Waals surface area (Å²) in [5.41, 5.74) is 8.95. The second kappa shape index (κ2) is 5.66. The highest BCUT2D eigenvalue weighted by molar-refractivity contribution is 5.85. The van der Waals surface area contributed by atoms with Gasteiger partial charge in [-0.1, -0.05) is 54.6 Å². The van der Waals surface area contributed by atoms with Gasteiger partial charge >= 0.3 is 0 Å². The lowest BCUT2D eigenvalue weighted by atomic mass is 9.95. The number of hydrogen-bond donors (Lipinski definition) is 1. The van der Waals surface area contributed by atoms with Crippen LogP contribution in [0.3, 0.4) is 0 Å². The number of hydrogen-bond acceptors (Lipinski definition) is 1. The Morgan fingerprint density at radius 1 is 1.00 bits per heavy atom. The Hall–Kier alpha value is -2.19. The van der Waals surface area contributed by atoms with Crippen molar-refractivity contribution in [2.24, 2.45) is 5.73 Å². The summed E-state index contributed by atoms with van der Waals surface area (Å²) in [5.74, 6) is -0.194. The molecule has 2 heteroatoms. The molecule has 3 rings (SSSR count). The van der Waals surface area contributed by atoms with E-state index in [2.05, 4.69) is 24.3 Å². The number of rotatable bonds is 3. The standard InChI is InChI=1S/C19H18FN/c1-13-9-10-16(11-18(13)20)19(21)12-15-7-4-6-14-5-2-3-8-17(14)15/h2-11,19H,12,21H2,1H3. The molecule has 0 saturated heterocycles. The van der Waals surface area contributed by atoms with Gasteiger partial charge < -0.3 is 5.73 Å². The minimum Gasteiger partial charge on any atom is -0.324 e. The molecule has 0 aliphatic carbocycles. The fourth-order valence-electron chi connectivity index (χ4n) is 2.67. The monoisotopic (exact) mass is 279 g/mol. The predicted molar refractivity (Wildman–Crippen MR) is 85.7 cm³/mol. The van der Waals surface area contributed by atoms with Gasteiger partial charge in [0, 0.05) is 6.04 Å². The molecule has 106 valence electrons. The van der Waals surface area contributed by atoms with Crippen LogP contribution >= 0.6 is 0 Å². The van der Waals surface area contributed by atoms with Crippen LogP contribution in [0.2, 0.25) is 0 Å². The largest absolute Gasteiger partial charge is 0.324 e. The summed E-state index contributed by atoms with van der Waals surface area (Å²) in [5, 5.41) is 2.42. The second-order valence-corrected chi connectivity index (χ2v) is 5.46. The third-order valence-corrected chi connectivity index (χ3v) is 3.94. The van der Waals surface area contributed by atoms with Crippen LogP contribution in [-0.2, 0) is 6.42 Å². The quantitative estimate of drug-likeness (QED) is 0.749. The third kappa shape index (κ3) is 2.81. The average molecular weight is 279 g/mol. The van der Waals surface area contributed by atoms with E-state index in [1.165, 1.54) is 16.3 Å². The summed E-state index contributed by atoms with van der Waals surface area (Å²) in [6.07, 6.45) is 0.698. The lowest BCUT2D eigenvalue weighted by Gasteiger charge is -2.14. The van der Waals surface area contributed by atoms with Crippen molar-refractivity contribution < 1.29 is 4.39 Å². The Balaban J connectivity index is 1.92. The molecule has 2 N–H and O–H groups in total. The van der Waals surface area contributed by atoms with Gasteiger partial charge in [0.15, 0.2) is 0 Å². The van der Waals surface area contributed by atoms with Crippen LogP contribution in [0.25, 0.3) is 10.8 Å². The van der Waals surface area contributed by atoms with Crippen molar-refractivity contribution in [3.05, 3.63) is 83.2 Å². The van der Waals surface area contributed by atoms with E-state index in [0.29, 0.717) is 12.0 Å². The van der Waals surface area contributed by atoms with Crippen LogP contribution in [0.15, 0.2) is 60.7 Å². The van der Waals surface area contributed by atoms with Gasteiger partial charge in [0.2, 0.25) is 0 Å². The minimum atomic E-state index is -0.203. The summed E-state index contributed by atoms with van der Waals surface area (Å²) in [6.45, 7) is 1.76. The molecule has 0 aliphatic rings. The van der Waals surface area contributed by atoms with Crippen LogP contribution in [0.1, 0.15) is 22.7 Å². The lowest BCUT2D eigenvalue weighted by Crippen LogP contribution is -2.14. The molecule has 0 spiro atoms. The summed E-state index contributed by atoms with van der Waals surface area (Å²) in [4.78, 5) is 0. The molecular formula is C19H18FN. The first-order valence-electron chi connectivity index (χ1n) is 7.13. The first-order chi connectivity index (χ1) is 10.1. The molecule has 0 aliphatic heterocycles. The van der Waals surface area contributed by atoms with Gasteiger partial charge in [-0.25, -0.2) is 4.39 Å². The van der Waals surface area contributed by atoms with Crippen molar-refractivity contribution in [3.8, 4) is 0 Å². The molecule has 3 aromatic carbocycles. The van der Waals surface area contributed by atoms with Crippen molar-refractivity contribution in [3.63, 3.8) is 0 Å². The summed E-state index contributed by atoms with van der Waals surface area (Å²) >= 11 is 0. The summed E-state index contributed by atoms with van der Waals surface area (Å²) < 4.78 is 13.7. The van der Waals surface area contributed by atoms with Crippen LogP contribution < -0.4 is 5.73 Å². The fourth-order valence-corrected chi connectivity index (χ4v) is 2.67. The Labute approximate surface area is 124 Å². The molecule has 0 saturated carbocycles. The van der Waals surface area contributed by atoms with Crippen molar-refractivity contribution in [1.29, 1.82) is 0 Å². The van der Waals surface area contributed by atoms with Crippen molar-refractivity contribution >= 4 is 10.8 Å². The zero-order valence-corrected chi connectivity index (χ0v) is 12.0. The molecule has 1 nitrogen and oxygen atoms in total. The topological polar surface area (TPSA) is 26.0 Å². The van der Waals surface area contributed by atoms with Gasteiger partial charge in [0.05, 0.1) is 0 Å². The zero-order valence-electron chi connectivity index (χ0n) is 12.0. The van der Waals surface area contributed by atoms with E-state index >= 15 is 0 Å². The highest BCUT2D eigenvalue weighted by Crippen LogP contribution is 2.24. The molecule has 3 aromatic rings. The highest BCUT2D eigenvalue weighted by Gasteiger charge is 2.11. The number of benzene rings is 3. The van der Waals surface area contributed by atoms with Crippen molar-refractivity contribution in [2.75, 3.05) is 0 Å². The SMILES string of the molecule is Cc1ccc(C(N)Cc2cccc3ccccc23)cc1F. The number of nitrogens with two attached hydrogens (primary N) is 1. The van der Waals surface area contributed by atoms with Gasteiger partial charge in [-0.2, -0.15) is 0 Å². The van der Waals surface area contributed by atoms with E-state index in [1.54, 1.807) is 19.1 Å². The Morgan fingerprint density at radius 2 is 1.76 bits per heavy atom. The van der Waals surface area contributed by atoms with Gasteiger partial charge in [0.1, 0.15) is 5.82 Å². The molecule has 0 amide bonds. The molecule has 0 radical (unpaired) electrons. The normalized spacial score (nSPS) is 12.5. The average Bonchev–Trinajstić information content (AvgIpc) is 2.50. The second-order valence-electron chi connectivity index (χ2n) is 5.46. The molecule has 21 heavy (non-hydrogen) atoms. The molecule has 0 fully saturated rings. The van der Waals surface area contributed by atoms with Gasteiger partial charge in [-0.15, -0.1) is 0 Å². The Bertz CT molecular complexity index is 774. The summed E-state index contributed by atoms with van der Waals surface area (Å²) in [6, 6.07) is 19.5. The molecule has 1 unspecified atom stereocenters. The van der Waals surface area contributed by atoms with Gasteiger partial charge in [-0.05, 0) is 46.9 Å². The molecule has 0 bridgehead atoms. The predicted octanol–water partition coefficient (Wildman–Crippen LogP) is 4.53. The van der Waals surface area contributed by atoms with E-state index in [0.717, 1.165) is 5.56 Å². The van der Waals surface area contributed by atoms with Crippen LogP contribution in [0.4, 0.5) is 4.39 Å². The molecule has 0 aromatic heterocycles. The minimum absolute atomic E-state index is 0.194. The van der Waals surface area contributed by atoms with E-state index < -0.39 is 0 Å². The van der Waals surface area contributed by atoms with E-state index in [1.807, 2.05) is 24.3 Å². The first-order valence-corrected chi connectivity index (χ1v) is 7.13. The highest BCUT2D eigenvalue weighted by atomic mass is 19.1. The smallest absolute Gasteiger partial charge is 0.126 e.